The Labute approximate surface area is 165 Å². The predicted molar refractivity (Wildman–Crippen MR) is 103 cm³/mol. The van der Waals surface area contributed by atoms with E-state index in [0.717, 1.165) is 4.88 Å². The van der Waals surface area contributed by atoms with Gasteiger partial charge in [-0.2, -0.15) is 0 Å². The van der Waals surface area contributed by atoms with Gasteiger partial charge < -0.3 is 14.6 Å². The summed E-state index contributed by atoms with van der Waals surface area (Å²) in [5, 5.41) is 4.74. The lowest BCUT2D eigenvalue weighted by Gasteiger charge is -2.17. The summed E-state index contributed by atoms with van der Waals surface area (Å²) in [6.07, 6.45) is 1.61. The van der Waals surface area contributed by atoms with E-state index < -0.39 is 5.92 Å². The van der Waals surface area contributed by atoms with Crippen LogP contribution in [0.15, 0.2) is 46.4 Å². The van der Waals surface area contributed by atoms with Crippen molar-refractivity contribution in [3.05, 3.63) is 59.0 Å². The van der Waals surface area contributed by atoms with Crippen LogP contribution in [0.3, 0.4) is 0 Å². The highest BCUT2D eigenvalue weighted by Gasteiger charge is 2.35. The van der Waals surface area contributed by atoms with Gasteiger partial charge in [-0.3, -0.25) is 9.59 Å². The summed E-state index contributed by atoms with van der Waals surface area (Å²) in [6.45, 7) is 2.11. The highest BCUT2D eigenvalue weighted by atomic mass is 32.1. The zero-order chi connectivity index (χ0) is 19.7. The Bertz CT molecular complexity index is 1020. The van der Waals surface area contributed by atoms with Crippen LogP contribution in [0.25, 0.3) is 10.8 Å². The minimum absolute atomic E-state index is 0.0978. The van der Waals surface area contributed by atoms with Gasteiger partial charge in [-0.05, 0) is 36.1 Å². The van der Waals surface area contributed by atoms with E-state index in [9.17, 15) is 14.0 Å². The third kappa shape index (κ3) is 3.68. The van der Waals surface area contributed by atoms with Gasteiger partial charge in [0.25, 0.3) is 0 Å². The van der Waals surface area contributed by atoms with E-state index in [2.05, 4.69) is 10.3 Å². The third-order valence-corrected chi connectivity index (χ3v) is 5.55. The van der Waals surface area contributed by atoms with Crippen LogP contribution in [-0.4, -0.2) is 23.3 Å². The highest BCUT2D eigenvalue weighted by Crippen LogP contribution is 2.27. The first kappa shape index (κ1) is 18.4. The summed E-state index contributed by atoms with van der Waals surface area (Å²) in [7, 11) is 0. The van der Waals surface area contributed by atoms with E-state index in [4.69, 9.17) is 4.42 Å². The smallest absolute Gasteiger partial charge is 0.236 e. The lowest BCUT2D eigenvalue weighted by atomic mass is 10.1. The first-order chi connectivity index (χ1) is 13.5. The summed E-state index contributed by atoms with van der Waals surface area (Å²) in [6, 6.07) is 8.47. The molecule has 1 N–H and O–H groups in total. The normalized spacial score (nSPS) is 16.6. The van der Waals surface area contributed by atoms with E-state index >= 15 is 0 Å². The van der Waals surface area contributed by atoms with Crippen molar-refractivity contribution in [2.75, 3.05) is 11.4 Å². The number of carbonyl (C=O) groups is 2. The van der Waals surface area contributed by atoms with Crippen molar-refractivity contribution in [2.45, 2.75) is 19.9 Å². The number of anilines is 1. The summed E-state index contributed by atoms with van der Waals surface area (Å²) in [5.74, 6) is -0.761. The number of carbonyl (C=O) groups excluding carboxylic acids is 2. The molecule has 0 spiro atoms. The molecule has 1 aromatic carbocycles. The fourth-order valence-electron chi connectivity index (χ4n) is 3.11. The van der Waals surface area contributed by atoms with Crippen LogP contribution < -0.4 is 10.2 Å². The molecular weight excluding hydrogens is 381 g/mol. The predicted octanol–water partition coefficient (Wildman–Crippen LogP) is 3.52. The maximum absolute atomic E-state index is 13.8. The summed E-state index contributed by atoms with van der Waals surface area (Å²) < 4.78 is 19.2. The first-order valence-corrected chi connectivity index (χ1v) is 9.72. The van der Waals surface area contributed by atoms with Gasteiger partial charge in [0.15, 0.2) is 0 Å². The van der Waals surface area contributed by atoms with E-state index in [1.807, 2.05) is 17.5 Å². The average Bonchev–Trinajstić information content (AvgIpc) is 3.42. The van der Waals surface area contributed by atoms with Crippen LogP contribution in [-0.2, 0) is 16.1 Å². The molecule has 3 heterocycles. The van der Waals surface area contributed by atoms with Crippen LogP contribution in [0.4, 0.5) is 10.1 Å². The van der Waals surface area contributed by atoms with Crippen LogP contribution >= 0.6 is 11.3 Å². The van der Waals surface area contributed by atoms with Gasteiger partial charge in [-0.1, -0.05) is 12.1 Å². The lowest BCUT2D eigenvalue weighted by Crippen LogP contribution is -2.32. The number of thiophene rings is 1. The molecule has 144 valence electrons. The summed E-state index contributed by atoms with van der Waals surface area (Å²) in [5.41, 5.74) is 1.60. The minimum atomic E-state index is -0.486. The number of aromatic nitrogens is 1. The Morgan fingerprint density at radius 1 is 1.43 bits per heavy atom. The monoisotopic (exact) mass is 399 g/mol. The SMILES string of the molecule is Cc1ccc(N2C[C@@H](C(=O)NCc3coc(-c4cccs4)n3)CC2=O)cc1F. The quantitative estimate of drug-likeness (QED) is 0.712. The molecule has 4 rings (SSSR count). The molecule has 1 atom stereocenters. The standard InChI is InChI=1S/C20H18FN3O3S/c1-12-4-5-15(8-16(12)21)24-10-13(7-18(24)25)19(26)22-9-14-11-27-20(23-14)17-3-2-6-28-17/h2-6,8,11,13H,7,9-10H2,1H3,(H,22,26)/t13-/m0/s1. The van der Waals surface area contributed by atoms with Crippen LogP contribution in [0.5, 0.6) is 0 Å². The Hall–Kier alpha value is -3.00. The molecule has 0 saturated carbocycles. The largest absolute Gasteiger partial charge is 0.443 e. The van der Waals surface area contributed by atoms with Crippen molar-refractivity contribution in [3.63, 3.8) is 0 Å². The van der Waals surface area contributed by atoms with Gasteiger partial charge in [0.05, 0.1) is 23.0 Å². The number of amides is 2. The summed E-state index contributed by atoms with van der Waals surface area (Å²) >= 11 is 1.52. The molecule has 0 aliphatic carbocycles. The maximum atomic E-state index is 13.8. The lowest BCUT2D eigenvalue weighted by molar-refractivity contribution is -0.126. The van der Waals surface area contributed by atoms with Gasteiger partial charge in [-0.15, -0.1) is 11.3 Å². The van der Waals surface area contributed by atoms with Crippen LogP contribution in [0, 0.1) is 18.7 Å². The van der Waals surface area contributed by atoms with Crippen molar-refractivity contribution in [2.24, 2.45) is 5.92 Å². The molecular formula is C20H18FN3O3S. The van der Waals surface area contributed by atoms with Crippen LogP contribution in [0.2, 0.25) is 0 Å². The highest BCUT2D eigenvalue weighted by molar-refractivity contribution is 7.13. The van der Waals surface area contributed by atoms with Gasteiger partial charge in [-0.25, -0.2) is 9.37 Å². The zero-order valence-corrected chi connectivity index (χ0v) is 16.0. The van der Waals surface area contributed by atoms with Crippen molar-refractivity contribution >= 4 is 28.8 Å². The maximum Gasteiger partial charge on any atom is 0.236 e. The van der Waals surface area contributed by atoms with Crippen molar-refractivity contribution < 1.29 is 18.4 Å². The van der Waals surface area contributed by atoms with Crippen molar-refractivity contribution in [1.29, 1.82) is 0 Å². The van der Waals surface area contributed by atoms with E-state index in [-0.39, 0.29) is 37.1 Å². The second-order valence-corrected chi connectivity index (χ2v) is 7.63. The number of hydrogen-bond acceptors (Lipinski definition) is 5. The number of nitrogens with one attached hydrogen (secondary N) is 1. The molecule has 1 aliphatic heterocycles. The van der Waals surface area contributed by atoms with Gasteiger partial charge >= 0.3 is 0 Å². The van der Waals surface area contributed by atoms with E-state index in [0.29, 0.717) is 22.8 Å². The number of halogens is 1. The Kier molecular flexibility index (Phi) is 4.95. The topological polar surface area (TPSA) is 75.4 Å². The average molecular weight is 399 g/mol. The molecule has 28 heavy (non-hydrogen) atoms. The second kappa shape index (κ2) is 7.55. The van der Waals surface area contributed by atoms with Gasteiger partial charge in [0.1, 0.15) is 12.1 Å². The van der Waals surface area contributed by atoms with Crippen molar-refractivity contribution in [3.8, 4) is 10.8 Å². The molecule has 1 saturated heterocycles. The van der Waals surface area contributed by atoms with Crippen molar-refractivity contribution in [1.82, 2.24) is 10.3 Å². The number of aryl methyl sites for hydroxylation is 1. The number of benzene rings is 1. The molecule has 0 bridgehead atoms. The number of rotatable bonds is 5. The number of nitrogens with zero attached hydrogens (tertiary/aromatic N) is 2. The molecule has 1 fully saturated rings. The minimum Gasteiger partial charge on any atom is -0.443 e. The first-order valence-electron chi connectivity index (χ1n) is 8.84. The molecule has 1 aliphatic rings. The van der Waals surface area contributed by atoms with E-state index in [1.54, 1.807) is 19.1 Å². The molecule has 3 aromatic rings. The molecule has 6 nitrogen and oxygen atoms in total. The second-order valence-electron chi connectivity index (χ2n) is 6.68. The molecule has 0 unspecified atom stereocenters. The fraction of sp³-hybridized carbons (Fsp3) is 0.250. The molecule has 8 heteroatoms. The molecule has 2 amide bonds. The molecule has 0 radical (unpaired) electrons. The number of oxazole rings is 1. The van der Waals surface area contributed by atoms with Gasteiger partial charge in [0.2, 0.25) is 17.7 Å². The summed E-state index contributed by atoms with van der Waals surface area (Å²) in [4.78, 5) is 31.5. The Morgan fingerprint density at radius 2 is 2.29 bits per heavy atom. The van der Waals surface area contributed by atoms with Gasteiger partial charge in [0, 0.05) is 18.7 Å². The number of hydrogen-bond donors (Lipinski definition) is 1. The zero-order valence-electron chi connectivity index (χ0n) is 15.1. The van der Waals surface area contributed by atoms with E-state index in [1.165, 1.54) is 28.6 Å². The Balaban J connectivity index is 1.36. The Morgan fingerprint density at radius 3 is 3.04 bits per heavy atom. The van der Waals surface area contributed by atoms with Crippen LogP contribution in [0.1, 0.15) is 17.7 Å². The third-order valence-electron chi connectivity index (χ3n) is 4.69. The fourth-order valence-corrected chi connectivity index (χ4v) is 3.76. The molecule has 2 aromatic heterocycles.